The molecule has 6 heteroatoms. The van der Waals surface area contributed by atoms with Crippen LogP contribution in [0.3, 0.4) is 0 Å². The topological polar surface area (TPSA) is 78.4 Å². The van der Waals surface area contributed by atoms with E-state index in [4.69, 9.17) is 11.6 Å². The summed E-state index contributed by atoms with van der Waals surface area (Å²) in [6, 6.07) is 6.51. The second-order valence-corrected chi connectivity index (χ2v) is 5.75. The van der Waals surface area contributed by atoms with Gasteiger partial charge >= 0.3 is 11.8 Å². The Bertz CT molecular complexity index is 517. The second kappa shape index (κ2) is 7.43. The van der Waals surface area contributed by atoms with Gasteiger partial charge in [0.25, 0.3) is 0 Å². The smallest absolute Gasteiger partial charge is 0.313 e. The highest BCUT2D eigenvalue weighted by molar-refractivity contribution is 6.39. The molecular formula is C15H21ClN2O3. The third kappa shape index (κ3) is 5.36. The van der Waals surface area contributed by atoms with Crippen molar-refractivity contribution in [3.05, 3.63) is 29.3 Å². The van der Waals surface area contributed by atoms with Crippen molar-refractivity contribution in [2.75, 3.05) is 11.9 Å². The number of amides is 2. The van der Waals surface area contributed by atoms with Gasteiger partial charge in [-0.1, -0.05) is 37.9 Å². The molecule has 1 aromatic carbocycles. The molecule has 0 unspecified atom stereocenters. The first kappa shape index (κ1) is 17.5. The van der Waals surface area contributed by atoms with Gasteiger partial charge in [0, 0.05) is 17.3 Å². The summed E-state index contributed by atoms with van der Waals surface area (Å²) in [5.74, 6) is -1.58. The molecule has 0 aliphatic carbocycles. The van der Waals surface area contributed by atoms with Gasteiger partial charge in [0.2, 0.25) is 0 Å². The van der Waals surface area contributed by atoms with Crippen LogP contribution in [-0.2, 0) is 9.59 Å². The Morgan fingerprint density at radius 2 is 2.05 bits per heavy atom. The second-order valence-electron chi connectivity index (χ2n) is 5.31. The number of benzene rings is 1. The largest absolute Gasteiger partial charge is 0.388 e. The highest BCUT2D eigenvalue weighted by Gasteiger charge is 2.28. The maximum absolute atomic E-state index is 11.7. The van der Waals surface area contributed by atoms with Crippen LogP contribution in [0, 0.1) is 5.92 Å². The van der Waals surface area contributed by atoms with Gasteiger partial charge in [-0.3, -0.25) is 9.59 Å². The first-order valence-electron chi connectivity index (χ1n) is 6.83. The minimum Gasteiger partial charge on any atom is -0.388 e. The maximum Gasteiger partial charge on any atom is 0.313 e. The van der Waals surface area contributed by atoms with Gasteiger partial charge in [0.05, 0.1) is 5.60 Å². The first-order valence-corrected chi connectivity index (χ1v) is 7.21. The van der Waals surface area contributed by atoms with Crippen molar-refractivity contribution >= 4 is 29.1 Å². The number of halogens is 1. The molecule has 0 heterocycles. The van der Waals surface area contributed by atoms with Gasteiger partial charge in [0.1, 0.15) is 0 Å². The molecule has 2 atom stereocenters. The summed E-state index contributed by atoms with van der Waals surface area (Å²) >= 11 is 5.79. The van der Waals surface area contributed by atoms with Crippen molar-refractivity contribution in [1.29, 1.82) is 0 Å². The van der Waals surface area contributed by atoms with Crippen LogP contribution in [0.2, 0.25) is 5.02 Å². The highest BCUT2D eigenvalue weighted by Crippen LogP contribution is 2.19. The predicted molar refractivity (Wildman–Crippen MR) is 83.2 cm³/mol. The number of hydrogen-bond acceptors (Lipinski definition) is 3. The molecule has 0 fully saturated rings. The Kier molecular flexibility index (Phi) is 6.18. The Balaban J connectivity index is 2.54. The van der Waals surface area contributed by atoms with E-state index in [2.05, 4.69) is 10.6 Å². The molecule has 0 spiro atoms. The number of nitrogens with one attached hydrogen (secondary N) is 2. The van der Waals surface area contributed by atoms with Crippen molar-refractivity contribution in [3.8, 4) is 0 Å². The van der Waals surface area contributed by atoms with Crippen molar-refractivity contribution in [2.24, 2.45) is 5.92 Å². The van der Waals surface area contributed by atoms with Gasteiger partial charge in [-0.15, -0.1) is 0 Å². The standard InChI is InChI=1S/C15H21ClN2O3/c1-4-10(2)15(3,21)9-17-13(19)14(20)18-12-7-5-6-11(16)8-12/h5-8,10,21H,4,9H2,1-3H3,(H,17,19)(H,18,20)/t10-,15-/m0/s1. The highest BCUT2D eigenvalue weighted by atomic mass is 35.5. The molecule has 2 amide bonds. The number of rotatable bonds is 5. The van der Waals surface area contributed by atoms with Crippen LogP contribution < -0.4 is 10.6 Å². The van der Waals surface area contributed by atoms with Gasteiger partial charge in [-0.2, -0.15) is 0 Å². The maximum atomic E-state index is 11.7. The van der Waals surface area contributed by atoms with Crippen molar-refractivity contribution in [2.45, 2.75) is 32.8 Å². The normalized spacial score (nSPS) is 14.9. The fourth-order valence-electron chi connectivity index (χ4n) is 1.71. The lowest BCUT2D eigenvalue weighted by Crippen LogP contribution is -2.47. The Hall–Kier alpha value is -1.59. The van der Waals surface area contributed by atoms with E-state index in [0.29, 0.717) is 10.7 Å². The summed E-state index contributed by atoms with van der Waals surface area (Å²) in [6.07, 6.45) is 0.775. The van der Waals surface area contributed by atoms with Crippen molar-refractivity contribution in [3.63, 3.8) is 0 Å². The average molecular weight is 313 g/mol. The summed E-state index contributed by atoms with van der Waals surface area (Å²) in [5, 5.41) is 15.5. The molecule has 0 aromatic heterocycles. The molecule has 0 bridgehead atoms. The van der Waals surface area contributed by atoms with Crippen LogP contribution >= 0.6 is 11.6 Å². The minimum atomic E-state index is -1.05. The number of anilines is 1. The molecule has 0 saturated heterocycles. The van der Waals surface area contributed by atoms with E-state index in [9.17, 15) is 14.7 Å². The molecular weight excluding hydrogens is 292 g/mol. The SMILES string of the molecule is CC[C@H](C)[C@@](C)(O)CNC(=O)C(=O)Nc1cccc(Cl)c1. The lowest BCUT2D eigenvalue weighted by Gasteiger charge is -2.29. The fraction of sp³-hybridized carbons (Fsp3) is 0.467. The summed E-state index contributed by atoms with van der Waals surface area (Å²) in [4.78, 5) is 23.5. The third-order valence-electron chi connectivity index (χ3n) is 3.57. The third-order valence-corrected chi connectivity index (χ3v) is 3.80. The quantitative estimate of drug-likeness (QED) is 0.729. The fourth-order valence-corrected chi connectivity index (χ4v) is 1.90. The number of aliphatic hydroxyl groups is 1. The molecule has 0 aliphatic rings. The molecule has 116 valence electrons. The molecule has 0 radical (unpaired) electrons. The lowest BCUT2D eigenvalue weighted by atomic mass is 9.89. The number of carbonyl (C=O) groups is 2. The Labute approximate surface area is 129 Å². The van der Waals surface area contributed by atoms with E-state index in [-0.39, 0.29) is 12.5 Å². The molecule has 3 N–H and O–H groups in total. The molecule has 21 heavy (non-hydrogen) atoms. The molecule has 1 aromatic rings. The van der Waals surface area contributed by atoms with Crippen molar-refractivity contribution < 1.29 is 14.7 Å². The van der Waals surface area contributed by atoms with Crippen LogP contribution in [0.4, 0.5) is 5.69 Å². The first-order chi connectivity index (χ1) is 9.76. The van der Waals surface area contributed by atoms with Gasteiger partial charge in [-0.05, 0) is 31.0 Å². The van der Waals surface area contributed by atoms with Gasteiger partial charge in [0.15, 0.2) is 0 Å². The summed E-state index contributed by atoms with van der Waals surface area (Å²) < 4.78 is 0. The van der Waals surface area contributed by atoms with Crippen LogP contribution in [0.5, 0.6) is 0 Å². The van der Waals surface area contributed by atoms with Crippen molar-refractivity contribution in [1.82, 2.24) is 5.32 Å². The summed E-state index contributed by atoms with van der Waals surface area (Å²) in [6.45, 7) is 5.49. The van der Waals surface area contributed by atoms with E-state index in [1.165, 1.54) is 0 Å². The molecule has 0 saturated carbocycles. The number of hydrogen-bond donors (Lipinski definition) is 3. The zero-order valence-electron chi connectivity index (χ0n) is 12.4. The Morgan fingerprint density at radius 1 is 1.38 bits per heavy atom. The monoisotopic (exact) mass is 312 g/mol. The van der Waals surface area contributed by atoms with E-state index >= 15 is 0 Å². The van der Waals surface area contributed by atoms with E-state index in [1.54, 1.807) is 31.2 Å². The molecule has 5 nitrogen and oxygen atoms in total. The Morgan fingerprint density at radius 3 is 2.62 bits per heavy atom. The zero-order valence-corrected chi connectivity index (χ0v) is 13.2. The van der Waals surface area contributed by atoms with E-state index in [1.807, 2.05) is 13.8 Å². The lowest BCUT2D eigenvalue weighted by molar-refractivity contribution is -0.137. The molecule has 1 rings (SSSR count). The van der Waals surface area contributed by atoms with Gasteiger partial charge < -0.3 is 15.7 Å². The van der Waals surface area contributed by atoms with Crippen LogP contribution in [0.1, 0.15) is 27.2 Å². The van der Waals surface area contributed by atoms with Crippen LogP contribution in [0.15, 0.2) is 24.3 Å². The van der Waals surface area contributed by atoms with E-state index < -0.39 is 17.4 Å². The summed E-state index contributed by atoms with van der Waals surface area (Å²) in [5.41, 5.74) is -0.614. The van der Waals surface area contributed by atoms with Gasteiger partial charge in [-0.25, -0.2) is 0 Å². The molecule has 0 aliphatic heterocycles. The predicted octanol–water partition coefficient (Wildman–Crippen LogP) is 2.19. The summed E-state index contributed by atoms with van der Waals surface area (Å²) in [7, 11) is 0. The zero-order chi connectivity index (χ0) is 16.0. The average Bonchev–Trinajstić information content (AvgIpc) is 2.43. The van der Waals surface area contributed by atoms with E-state index in [0.717, 1.165) is 6.42 Å². The minimum absolute atomic E-state index is 0.00814. The number of carbonyl (C=O) groups excluding carboxylic acids is 2. The van der Waals surface area contributed by atoms with Crippen LogP contribution in [-0.4, -0.2) is 29.1 Å². The van der Waals surface area contributed by atoms with Crippen LogP contribution in [0.25, 0.3) is 0 Å².